The number of amides is 3. The molecule has 8 heteroatoms. The van der Waals surface area contributed by atoms with Gasteiger partial charge in [0, 0.05) is 19.1 Å². The summed E-state index contributed by atoms with van der Waals surface area (Å²) in [5.41, 5.74) is 7.88. The van der Waals surface area contributed by atoms with Gasteiger partial charge in [-0.3, -0.25) is 19.3 Å². The maximum atomic E-state index is 13.0. The highest BCUT2D eigenvalue weighted by Gasteiger charge is 2.35. The topological polar surface area (TPSA) is 92.9 Å². The third kappa shape index (κ3) is 3.91. The standard InChI is InChI=1S/C22H23N3O4.ClH/c1-29-19-7-6-14(12-18(19)20(26)24-10-8-15(23)9-11-24)13-25-21(27)16-4-2-3-5-17(16)22(25)28;/h2-7,12,15H,8-11,13,23H2,1H3;1H. The quantitative estimate of drug-likeness (QED) is 0.753. The second kappa shape index (κ2) is 8.85. The number of likely N-dealkylation sites (tertiary alicyclic amines) is 1. The number of carbonyl (C=O) groups excluding carboxylic acids is 3. The fourth-order valence-corrected chi connectivity index (χ4v) is 3.86. The van der Waals surface area contributed by atoms with Gasteiger partial charge in [0.2, 0.25) is 0 Å². The van der Waals surface area contributed by atoms with Crippen LogP contribution in [0.4, 0.5) is 0 Å². The molecule has 2 aliphatic heterocycles. The van der Waals surface area contributed by atoms with E-state index in [1.54, 1.807) is 47.4 Å². The Kier molecular flexibility index (Phi) is 6.43. The number of fused-ring (bicyclic) bond motifs is 1. The van der Waals surface area contributed by atoms with E-state index >= 15 is 0 Å². The van der Waals surface area contributed by atoms with Gasteiger partial charge in [-0.05, 0) is 42.7 Å². The van der Waals surface area contributed by atoms with Crippen LogP contribution in [0.25, 0.3) is 0 Å². The van der Waals surface area contributed by atoms with Crippen LogP contribution in [0.15, 0.2) is 42.5 Å². The van der Waals surface area contributed by atoms with Crippen LogP contribution < -0.4 is 10.5 Å². The second-order valence-electron chi connectivity index (χ2n) is 7.41. The SMILES string of the molecule is COc1ccc(CN2C(=O)c3ccccc3C2=O)cc1C(=O)N1CCC(N)CC1.Cl. The number of rotatable bonds is 4. The molecule has 1 fully saturated rings. The number of ether oxygens (including phenoxy) is 1. The van der Waals surface area contributed by atoms with E-state index in [1.165, 1.54) is 12.0 Å². The normalized spacial score (nSPS) is 16.3. The molecule has 0 unspecified atom stereocenters. The van der Waals surface area contributed by atoms with E-state index in [0.29, 0.717) is 41.1 Å². The van der Waals surface area contributed by atoms with Crippen molar-refractivity contribution in [3.63, 3.8) is 0 Å². The summed E-state index contributed by atoms with van der Waals surface area (Å²) in [5.74, 6) is -0.299. The highest BCUT2D eigenvalue weighted by Crippen LogP contribution is 2.27. The predicted molar refractivity (Wildman–Crippen MR) is 114 cm³/mol. The molecule has 2 aromatic rings. The lowest BCUT2D eigenvalue weighted by Crippen LogP contribution is -2.43. The molecule has 0 aromatic heterocycles. The van der Waals surface area contributed by atoms with Gasteiger partial charge in [0.25, 0.3) is 17.7 Å². The Hall–Kier alpha value is -2.90. The van der Waals surface area contributed by atoms with E-state index in [9.17, 15) is 14.4 Å². The van der Waals surface area contributed by atoms with Crippen molar-refractivity contribution in [1.29, 1.82) is 0 Å². The molecule has 3 amide bonds. The lowest BCUT2D eigenvalue weighted by Gasteiger charge is -2.30. The first kappa shape index (κ1) is 21.8. The molecule has 1 saturated heterocycles. The van der Waals surface area contributed by atoms with Crippen LogP contribution in [0.2, 0.25) is 0 Å². The van der Waals surface area contributed by atoms with Crippen LogP contribution >= 0.6 is 12.4 Å². The molecule has 0 atom stereocenters. The Morgan fingerprint density at radius 2 is 1.67 bits per heavy atom. The van der Waals surface area contributed by atoms with Crippen LogP contribution in [0.5, 0.6) is 5.75 Å². The van der Waals surface area contributed by atoms with Crippen molar-refractivity contribution in [3.8, 4) is 5.75 Å². The third-order valence-corrected chi connectivity index (χ3v) is 5.54. The Bertz CT molecular complexity index is 951. The molecule has 158 valence electrons. The lowest BCUT2D eigenvalue weighted by atomic mass is 10.0. The van der Waals surface area contributed by atoms with Crippen molar-refractivity contribution in [2.75, 3.05) is 20.2 Å². The fraction of sp³-hybridized carbons (Fsp3) is 0.318. The van der Waals surface area contributed by atoms with E-state index in [-0.39, 0.29) is 42.7 Å². The summed E-state index contributed by atoms with van der Waals surface area (Å²) in [6.07, 6.45) is 1.53. The van der Waals surface area contributed by atoms with Crippen molar-refractivity contribution in [2.24, 2.45) is 5.73 Å². The minimum absolute atomic E-state index is 0. The van der Waals surface area contributed by atoms with E-state index < -0.39 is 0 Å². The molecule has 2 N–H and O–H groups in total. The zero-order chi connectivity index (χ0) is 20.5. The number of imide groups is 1. The summed E-state index contributed by atoms with van der Waals surface area (Å²) in [7, 11) is 1.52. The van der Waals surface area contributed by atoms with Crippen LogP contribution in [-0.4, -0.2) is 53.8 Å². The number of piperidine rings is 1. The molecule has 0 spiro atoms. The summed E-state index contributed by atoms with van der Waals surface area (Å²) >= 11 is 0. The summed E-state index contributed by atoms with van der Waals surface area (Å²) in [4.78, 5) is 41.3. The maximum absolute atomic E-state index is 13.0. The number of benzene rings is 2. The fourth-order valence-electron chi connectivity index (χ4n) is 3.86. The first-order valence-electron chi connectivity index (χ1n) is 9.66. The van der Waals surface area contributed by atoms with Crippen molar-refractivity contribution in [3.05, 3.63) is 64.7 Å². The Morgan fingerprint density at radius 3 is 2.23 bits per heavy atom. The van der Waals surface area contributed by atoms with E-state index in [4.69, 9.17) is 10.5 Å². The van der Waals surface area contributed by atoms with Crippen molar-refractivity contribution < 1.29 is 19.1 Å². The lowest BCUT2D eigenvalue weighted by molar-refractivity contribution is 0.0642. The second-order valence-corrected chi connectivity index (χ2v) is 7.41. The molecule has 0 aliphatic carbocycles. The smallest absolute Gasteiger partial charge is 0.261 e. The molecule has 0 saturated carbocycles. The number of nitrogens with two attached hydrogens (primary N) is 1. The van der Waals surface area contributed by atoms with Crippen molar-refractivity contribution >= 4 is 30.1 Å². The third-order valence-electron chi connectivity index (χ3n) is 5.54. The van der Waals surface area contributed by atoms with Gasteiger partial charge in [0.05, 0.1) is 30.3 Å². The van der Waals surface area contributed by atoms with Crippen LogP contribution in [0, 0.1) is 0 Å². The largest absolute Gasteiger partial charge is 0.496 e. The van der Waals surface area contributed by atoms with Gasteiger partial charge in [-0.15, -0.1) is 12.4 Å². The molecule has 2 aromatic carbocycles. The molecule has 2 heterocycles. The van der Waals surface area contributed by atoms with Gasteiger partial charge in [0.15, 0.2) is 0 Å². The molecular formula is C22H24ClN3O4. The first-order valence-corrected chi connectivity index (χ1v) is 9.66. The number of nitrogens with zero attached hydrogens (tertiary/aromatic N) is 2. The van der Waals surface area contributed by atoms with E-state index in [2.05, 4.69) is 0 Å². The zero-order valence-electron chi connectivity index (χ0n) is 16.7. The number of carbonyl (C=O) groups is 3. The molecule has 2 aliphatic rings. The number of hydrogen-bond acceptors (Lipinski definition) is 5. The minimum atomic E-state index is -0.320. The monoisotopic (exact) mass is 429 g/mol. The number of methoxy groups -OCH3 is 1. The summed E-state index contributed by atoms with van der Waals surface area (Å²) in [6.45, 7) is 1.30. The average Bonchev–Trinajstić information content (AvgIpc) is 2.99. The van der Waals surface area contributed by atoms with Gasteiger partial charge in [-0.1, -0.05) is 18.2 Å². The summed E-state index contributed by atoms with van der Waals surface area (Å²) < 4.78 is 5.38. The summed E-state index contributed by atoms with van der Waals surface area (Å²) in [6, 6.07) is 12.1. The molecule has 30 heavy (non-hydrogen) atoms. The van der Waals surface area contributed by atoms with Crippen LogP contribution in [-0.2, 0) is 6.54 Å². The van der Waals surface area contributed by atoms with Crippen molar-refractivity contribution in [1.82, 2.24) is 9.80 Å². The molecule has 7 nitrogen and oxygen atoms in total. The Morgan fingerprint density at radius 1 is 1.07 bits per heavy atom. The highest BCUT2D eigenvalue weighted by molar-refractivity contribution is 6.21. The molecular weight excluding hydrogens is 406 g/mol. The molecule has 4 rings (SSSR count). The van der Waals surface area contributed by atoms with E-state index in [1.807, 2.05) is 0 Å². The van der Waals surface area contributed by atoms with Crippen LogP contribution in [0.1, 0.15) is 49.5 Å². The molecule has 0 radical (unpaired) electrons. The number of hydrogen-bond donors (Lipinski definition) is 1. The van der Waals surface area contributed by atoms with Gasteiger partial charge in [-0.25, -0.2) is 0 Å². The number of halogens is 1. The van der Waals surface area contributed by atoms with Gasteiger partial charge >= 0.3 is 0 Å². The average molecular weight is 430 g/mol. The Balaban J connectivity index is 0.00000256. The summed E-state index contributed by atoms with van der Waals surface area (Å²) in [5, 5.41) is 0. The zero-order valence-corrected chi connectivity index (χ0v) is 17.5. The first-order chi connectivity index (χ1) is 14.0. The predicted octanol–water partition coefficient (Wildman–Crippen LogP) is 2.48. The van der Waals surface area contributed by atoms with Crippen LogP contribution in [0.3, 0.4) is 0 Å². The van der Waals surface area contributed by atoms with Gasteiger partial charge in [-0.2, -0.15) is 0 Å². The minimum Gasteiger partial charge on any atom is -0.496 e. The van der Waals surface area contributed by atoms with Gasteiger partial charge < -0.3 is 15.4 Å². The maximum Gasteiger partial charge on any atom is 0.261 e. The Labute approximate surface area is 181 Å². The highest BCUT2D eigenvalue weighted by atomic mass is 35.5. The molecule has 0 bridgehead atoms. The van der Waals surface area contributed by atoms with E-state index in [0.717, 1.165) is 12.8 Å². The van der Waals surface area contributed by atoms with Crippen molar-refractivity contribution in [2.45, 2.75) is 25.4 Å². The van der Waals surface area contributed by atoms with Gasteiger partial charge in [0.1, 0.15) is 5.75 Å².